The standard InChI is InChI=1S/C11H14INO4S/c1-3-17-11(14)8-13(18(2,15)16)10-7-5-4-6-9(10)12/h4-7H,3,8H2,1-2H3. The first-order valence-corrected chi connectivity index (χ1v) is 8.16. The fourth-order valence-corrected chi connectivity index (χ4v) is 3.06. The van der Waals surface area contributed by atoms with Crippen molar-refractivity contribution in [3.8, 4) is 0 Å². The molecule has 7 heteroatoms. The number of rotatable bonds is 5. The number of carbonyl (C=O) groups is 1. The summed E-state index contributed by atoms with van der Waals surface area (Å²) in [4.78, 5) is 11.5. The van der Waals surface area contributed by atoms with E-state index in [0.717, 1.165) is 14.1 Å². The van der Waals surface area contributed by atoms with Gasteiger partial charge in [0.1, 0.15) is 6.54 Å². The number of sulfonamides is 1. The number of ether oxygens (including phenoxy) is 1. The molecular weight excluding hydrogens is 369 g/mol. The summed E-state index contributed by atoms with van der Waals surface area (Å²) in [5, 5.41) is 0. The van der Waals surface area contributed by atoms with E-state index in [1.807, 2.05) is 22.6 Å². The van der Waals surface area contributed by atoms with Crippen molar-refractivity contribution in [3.05, 3.63) is 27.8 Å². The summed E-state index contributed by atoms with van der Waals surface area (Å²) in [6.07, 6.45) is 1.06. The summed E-state index contributed by atoms with van der Waals surface area (Å²) in [7, 11) is -3.53. The summed E-state index contributed by atoms with van der Waals surface area (Å²) in [5.74, 6) is -0.567. The largest absolute Gasteiger partial charge is 0.465 e. The van der Waals surface area contributed by atoms with Gasteiger partial charge >= 0.3 is 5.97 Å². The van der Waals surface area contributed by atoms with Crippen molar-refractivity contribution in [2.75, 3.05) is 23.7 Å². The quantitative estimate of drug-likeness (QED) is 0.573. The Morgan fingerprint density at radius 2 is 2.00 bits per heavy atom. The van der Waals surface area contributed by atoms with E-state index in [0.29, 0.717) is 5.69 Å². The Labute approximate surface area is 120 Å². The zero-order chi connectivity index (χ0) is 13.8. The molecule has 100 valence electrons. The van der Waals surface area contributed by atoms with Crippen LogP contribution in [-0.4, -0.2) is 33.8 Å². The highest BCUT2D eigenvalue weighted by Gasteiger charge is 2.22. The summed E-state index contributed by atoms with van der Waals surface area (Å²) >= 11 is 2.03. The molecule has 0 fully saturated rings. The third-order valence-corrected chi connectivity index (χ3v) is 4.14. The molecule has 0 unspecified atom stereocenters. The van der Waals surface area contributed by atoms with E-state index in [2.05, 4.69) is 0 Å². The molecule has 1 aromatic rings. The van der Waals surface area contributed by atoms with Crippen LogP contribution in [0.25, 0.3) is 0 Å². The maximum absolute atomic E-state index is 11.7. The Morgan fingerprint density at radius 1 is 1.39 bits per heavy atom. The van der Waals surface area contributed by atoms with Gasteiger partial charge in [-0.05, 0) is 41.6 Å². The lowest BCUT2D eigenvalue weighted by Crippen LogP contribution is -2.36. The summed E-state index contributed by atoms with van der Waals surface area (Å²) in [5.41, 5.74) is 0.480. The van der Waals surface area contributed by atoms with E-state index in [1.54, 1.807) is 31.2 Å². The second kappa shape index (κ2) is 6.37. The van der Waals surface area contributed by atoms with Gasteiger partial charge in [0.2, 0.25) is 10.0 Å². The first-order valence-electron chi connectivity index (χ1n) is 5.24. The van der Waals surface area contributed by atoms with E-state index in [1.165, 1.54) is 0 Å². The van der Waals surface area contributed by atoms with Gasteiger partial charge < -0.3 is 4.74 Å². The average molecular weight is 383 g/mol. The van der Waals surface area contributed by atoms with Gasteiger partial charge in [0.15, 0.2) is 0 Å². The lowest BCUT2D eigenvalue weighted by molar-refractivity contribution is -0.141. The molecule has 18 heavy (non-hydrogen) atoms. The number of hydrogen-bond acceptors (Lipinski definition) is 4. The number of anilines is 1. The Morgan fingerprint density at radius 3 is 2.50 bits per heavy atom. The van der Waals surface area contributed by atoms with E-state index in [4.69, 9.17) is 4.74 Å². The van der Waals surface area contributed by atoms with Crippen molar-refractivity contribution in [2.45, 2.75) is 6.92 Å². The molecule has 5 nitrogen and oxygen atoms in total. The predicted molar refractivity (Wildman–Crippen MR) is 78.0 cm³/mol. The van der Waals surface area contributed by atoms with Gasteiger partial charge in [-0.15, -0.1) is 0 Å². The molecule has 0 aliphatic heterocycles. The van der Waals surface area contributed by atoms with Gasteiger partial charge in [-0.1, -0.05) is 12.1 Å². The number of esters is 1. The van der Waals surface area contributed by atoms with Crippen LogP contribution in [0.1, 0.15) is 6.92 Å². The molecule has 0 amide bonds. The van der Waals surface area contributed by atoms with Gasteiger partial charge in [0, 0.05) is 3.57 Å². The molecule has 0 spiro atoms. The van der Waals surface area contributed by atoms with Crippen LogP contribution in [0.15, 0.2) is 24.3 Å². The third kappa shape index (κ3) is 4.13. The highest BCUT2D eigenvalue weighted by atomic mass is 127. The average Bonchev–Trinajstić information content (AvgIpc) is 2.26. The molecule has 0 aromatic heterocycles. The minimum absolute atomic E-state index is 0.225. The Hall–Kier alpha value is -0.830. The predicted octanol–water partition coefficient (Wildman–Crippen LogP) is 1.62. The van der Waals surface area contributed by atoms with Crippen LogP contribution >= 0.6 is 22.6 Å². The van der Waals surface area contributed by atoms with Crippen LogP contribution < -0.4 is 4.31 Å². The lowest BCUT2D eigenvalue weighted by atomic mass is 10.3. The van der Waals surface area contributed by atoms with Crippen LogP contribution in [0.3, 0.4) is 0 Å². The van der Waals surface area contributed by atoms with Gasteiger partial charge in [-0.3, -0.25) is 9.10 Å². The molecule has 0 atom stereocenters. The fraction of sp³-hybridized carbons (Fsp3) is 0.364. The van der Waals surface area contributed by atoms with E-state index in [-0.39, 0.29) is 13.2 Å². The minimum atomic E-state index is -3.53. The first kappa shape index (κ1) is 15.2. The van der Waals surface area contributed by atoms with E-state index in [9.17, 15) is 13.2 Å². The number of carbonyl (C=O) groups excluding carboxylic acids is 1. The molecule has 0 radical (unpaired) electrons. The normalized spacial score (nSPS) is 11.1. The number of hydrogen-bond donors (Lipinski definition) is 0. The number of halogens is 1. The van der Waals surface area contributed by atoms with Gasteiger partial charge in [-0.2, -0.15) is 0 Å². The van der Waals surface area contributed by atoms with Crippen molar-refractivity contribution in [3.63, 3.8) is 0 Å². The number of para-hydroxylation sites is 1. The molecule has 0 saturated carbocycles. The maximum Gasteiger partial charge on any atom is 0.326 e. The molecule has 0 saturated heterocycles. The van der Waals surface area contributed by atoms with Crippen LogP contribution in [0.4, 0.5) is 5.69 Å². The van der Waals surface area contributed by atoms with Crippen LogP contribution in [0.5, 0.6) is 0 Å². The molecule has 1 aromatic carbocycles. The van der Waals surface area contributed by atoms with Crippen LogP contribution in [0.2, 0.25) is 0 Å². The molecule has 0 N–H and O–H groups in total. The van der Waals surface area contributed by atoms with Crippen molar-refractivity contribution in [1.29, 1.82) is 0 Å². The fourth-order valence-electron chi connectivity index (χ4n) is 1.36. The Bertz CT molecular complexity index is 530. The molecule has 0 bridgehead atoms. The molecule has 1 rings (SSSR count). The van der Waals surface area contributed by atoms with Gasteiger partial charge in [-0.25, -0.2) is 8.42 Å². The number of nitrogens with zero attached hydrogens (tertiary/aromatic N) is 1. The molecular formula is C11H14INO4S. The second-order valence-electron chi connectivity index (χ2n) is 3.53. The highest BCUT2D eigenvalue weighted by Crippen LogP contribution is 2.24. The third-order valence-electron chi connectivity index (χ3n) is 2.10. The maximum atomic E-state index is 11.7. The highest BCUT2D eigenvalue weighted by molar-refractivity contribution is 14.1. The zero-order valence-electron chi connectivity index (χ0n) is 10.1. The minimum Gasteiger partial charge on any atom is -0.465 e. The number of benzene rings is 1. The second-order valence-corrected chi connectivity index (χ2v) is 6.60. The summed E-state index contributed by atoms with van der Waals surface area (Å²) in [6, 6.07) is 6.96. The zero-order valence-corrected chi connectivity index (χ0v) is 13.1. The smallest absolute Gasteiger partial charge is 0.326 e. The van der Waals surface area contributed by atoms with Crippen LogP contribution in [-0.2, 0) is 19.6 Å². The van der Waals surface area contributed by atoms with Crippen molar-refractivity contribution in [1.82, 2.24) is 0 Å². The van der Waals surface area contributed by atoms with E-state index < -0.39 is 16.0 Å². The molecule has 0 heterocycles. The first-order chi connectivity index (χ1) is 8.36. The molecule has 0 aliphatic rings. The van der Waals surface area contributed by atoms with Crippen molar-refractivity contribution < 1.29 is 17.9 Å². The molecule has 0 aliphatic carbocycles. The Balaban J connectivity index is 3.08. The van der Waals surface area contributed by atoms with Crippen molar-refractivity contribution >= 4 is 44.3 Å². The lowest BCUT2D eigenvalue weighted by Gasteiger charge is -2.22. The summed E-state index contributed by atoms with van der Waals surface area (Å²) in [6.45, 7) is 1.59. The van der Waals surface area contributed by atoms with Gasteiger partial charge in [0.25, 0.3) is 0 Å². The van der Waals surface area contributed by atoms with Crippen molar-refractivity contribution in [2.24, 2.45) is 0 Å². The SMILES string of the molecule is CCOC(=O)CN(c1ccccc1I)S(C)(=O)=O. The summed E-state index contributed by atoms with van der Waals surface area (Å²) < 4.78 is 30.1. The van der Waals surface area contributed by atoms with E-state index >= 15 is 0 Å². The topological polar surface area (TPSA) is 63.7 Å². The monoisotopic (exact) mass is 383 g/mol. The Kier molecular flexibility index (Phi) is 5.39. The van der Waals surface area contributed by atoms with Crippen LogP contribution in [0, 0.1) is 3.57 Å². The van der Waals surface area contributed by atoms with Gasteiger partial charge in [0.05, 0.1) is 18.6 Å².